The van der Waals surface area contributed by atoms with Gasteiger partial charge in [0.25, 0.3) is 0 Å². The van der Waals surface area contributed by atoms with Crippen molar-refractivity contribution in [2.75, 3.05) is 13.1 Å². The molecule has 2 saturated carbocycles. The van der Waals surface area contributed by atoms with Crippen molar-refractivity contribution in [3.8, 4) is 0 Å². The summed E-state index contributed by atoms with van der Waals surface area (Å²) >= 11 is 0. The zero-order chi connectivity index (χ0) is 9.54. The summed E-state index contributed by atoms with van der Waals surface area (Å²) in [5.74, 6) is 1.96. The molecule has 3 aliphatic rings. The molecule has 0 spiro atoms. The summed E-state index contributed by atoms with van der Waals surface area (Å²) in [6, 6.07) is 1.95. The first-order valence-electron chi connectivity index (χ1n) is 6.34. The molecule has 1 heterocycles. The van der Waals surface area contributed by atoms with Crippen LogP contribution >= 0.6 is 0 Å². The first-order chi connectivity index (χ1) is 6.88. The lowest BCUT2D eigenvalue weighted by atomic mass is 9.78. The largest absolute Gasteiger partial charge is 0.330 e. The van der Waals surface area contributed by atoms with Crippen molar-refractivity contribution < 1.29 is 0 Å². The molecule has 3 atom stereocenters. The average molecular weight is 194 g/mol. The minimum absolute atomic E-state index is 0.898. The van der Waals surface area contributed by atoms with Gasteiger partial charge >= 0.3 is 0 Å². The fourth-order valence-electron chi connectivity index (χ4n) is 3.69. The summed E-state index contributed by atoms with van der Waals surface area (Å²) in [5, 5.41) is 0. The van der Waals surface area contributed by atoms with Crippen molar-refractivity contribution in [3.63, 3.8) is 0 Å². The maximum atomic E-state index is 5.68. The van der Waals surface area contributed by atoms with Crippen LogP contribution in [0.25, 0.3) is 0 Å². The minimum atomic E-state index is 0.898. The molecule has 3 fully saturated rings. The number of nitrogens with two attached hydrogens (primary N) is 1. The van der Waals surface area contributed by atoms with Crippen LogP contribution in [0.4, 0.5) is 0 Å². The summed E-state index contributed by atoms with van der Waals surface area (Å²) in [6.45, 7) is 2.30. The zero-order valence-electron chi connectivity index (χ0n) is 8.99. The molecule has 0 radical (unpaired) electrons. The lowest BCUT2D eigenvalue weighted by molar-refractivity contribution is 0.225. The van der Waals surface area contributed by atoms with E-state index in [-0.39, 0.29) is 0 Å². The van der Waals surface area contributed by atoms with Gasteiger partial charge in [0.15, 0.2) is 0 Å². The van der Waals surface area contributed by atoms with Crippen LogP contribution < -0.4 is 5.73 Å². The van der Waals surface area contributed by atoms with Crippen molar-refractivity contribution in [1.82, 2.24) is 4.90 Å². The van der Waals surface area contributed by atoms with E-state index < -0.39 is 0 Å². The van der Waals surface area contributed by atoms with E-state index in [1.807, 2.05) is 0 Å². The van der Waals surface area contributed by atoms with Crippen LogP contribution in [0, 0.1) is 11.8 Å². The summed E-state index contributed by atoms with van der Waals surface area (Å²) in [4.78, 5) is 2.82. The summed E-state index contributed by atoms with van der Waals surface area (Å²) in [5.41, 5.74) is 5.68. The van der Waals surface area contributed by atoms with Crippen LogP contribution in [0.2, 0.25) is 0 Å². The quantitative estimate of drug-likeness (QED) is 0.739. The van der Waals surface area contributed by atoms with Gasteiger partial charge in [0.2, 0.25) is 0 Å². The molecule has 2 bridgehead atoms. The van der Waals surface area contributed by atoms with E-state index in [9.17, 15) is 0 Å². The monoisotopic (exact) mass is 194 g/mol. The third-order valence-electron chi connectivity index (χ3n) is 4.58. The van der Waals surface area contributed by atoms with Gasteiger partial charge in [0, 0.05) is 18.6 Å². The predicted octanol–water partition coefficient (Wildman–Crippen LogP) is 1.60. The van der Waals surface area contributed by atoms with Crippen LogP contribution in [-0.2, 0) is 0 Å². The van der Waals surface area contributed by atoms with Crippen molar-refractivity contribution in [1.29, 1.82) is 0 Å². The molecule has 1 saturated heterocycles. The molecule has 3 rings (SSSR count). The molecule has 2 aliphatic carbocycles. The van der Waals surface area contributed by atoms with Crippen molar-refractivity contribution in [2.45, 2.75) is 50.6 Å². The SMILES string of the molecule is NCCC1CCC2CC1CN2C1CC1. The van der Waals surface area contributed by atoms with Gasteiger partial charge in [-0.25, -0.2) is 0 Å². The molecular formula is C12H22N2. The standard InChI is InChI=1S/C12H22N2/c13-6-5-9-1-2-12-7-10(9)8-14(12)11-3-4-11/h9-12H,1-8,13H2. The second kappa shape index (κ2) is 3.49. The summed E-state index contributed by atoms with van der Waals surface area (Å²) < 4.78 is 0. The molecule has 0 aromatic rings. The molecule has 2 nitrogen and oxygen atoms in total. The normalized spacial score (nSPS) is 43.1. The second-order valence-corrected chi connectivity index (χ2v) is 5.49. The van der Waals surface area contributed by atoms with Gasteiger partial charge in [-0.2, -0.15) is 0 Å². The number of hydrogen-bond donors (Lipinski definition) is 1. The van der Waals surface area contributed by atoms with E-state index in [4.69, 9.17) is 5.73 Å². The zero-order valence-corrected chi connectivity index (χ0v) is 8.99. The summed E-state index contributed by atoms with van der Waals surface area (Å²) in [6.07, 6.45) is 8.63. The van der Waals surface area contributed by atoms with Gasteiger partial charge in [0.1, 0.15) is 0 Å². The highest BCUT2D eigenvalue weighted by Gasteiger charge is 2.45. The third kappa shape index (κ3) is 1.49. The Morgan fingerprint density at radius 1 is 1.07 bits per heavy atom. The Balaban J connectivity index is 1.65. The second-order valence-electron chi connectivity index (χ2n) is 5.49. The van der Waals surface area contributed by atoms with Gasteiger partial charge in [-0.3, -0.25) is 4.90 Å². The number of likely N-dealkylation sites (tertiary alicyclic amines) is 1. The first-order valence-corrected chi connectivity index (χ1v) is 6.34. The Bertz CT molecular complexity index is 212. The fourth-order valence-corrected chi connectivity index (χ4v) is 3.69. The smallest absolute Gasteiger partial charge is 0.0102 e. The topological polar surface area (TPSA) is 29.3 Å². The number of nitrogens with zero attached hydrogens (tertiary/aromatic N) is 1. The van der Waals surface area contributed by atoms with E-state index in [2.05, 4.69) is 4.90 Å². The lowest BCUT2D eigenvalue weighted by Gasteiger charge is -2.28. The van der Waals surface area contributed by atoms with Gasteiger partial charge in [0.05, 0.1) is 0 Å². The van der Waals surface area contributed by atoms with E-state index >= 15 is 0 Å². The van der Waals surface area contributed by atoms with Crippen LogP contribution in [0.15, 0.2) is 0 Å². The highest BCUT2D eigenvalue weighted by molar-refractivity contribution is 4.99. The molecule has 0 aromatic heterocycles. The summed E-state index contributed by atoms with van der Waals surface area (Å²) in [7, 11) is 0. The van der Waals surface area contributed by atoms with Crippen LogP contribution in [0.3, 0.4) is 0 Å². The highest BCUT2D eigenvalue weighted by atomic mass is 15.2. The van der Waals surface area contributed by atoms with E-state index in [1.165, 1.54) is 45.1 Å². The lowest BCUT2D eigenvalue weighted by Crippen LogP contribution is -2.31. The molecule has 2 N–H and O–H groups in total. The molecule has 2 heteroatoms. The van der Waals surface area contributed by atoms with Crippen molar-refractivity contribution in [2.24, 2.45) is 17.6 Å². The number of rotatable bonds is 3. The van der Waals surface area contributed by atoms with E-state index in [0.29, 0.717) is 0 Å². The Labute approximate surface area is 86.8 Å². The Hall–Kier alpha value is -0.0800. The maximum Gasteiger partial charge on any atom is 0.0102 e. The Morgan fingerprint density at radius 2 is 1.86 bits per heavy atom. The van der Waals surface area contributed by atoms with Gasteiger partial charge < -0.3 is 5.73 Å². The van der Waals surface area contributed by atoms with Crippen molar-refractivity contribution in [3.05, 3.63) is 0 Å². The van der Waals surface area contributed by atoms with Gasteiger partial charge in [-0.05, 0) is 56.9 Å². The van der Waals surface area contributed by atoms with Crippen LogP contribution in [0.1, 0.15) is 38.5 Å². The predicted molar refractivity (Wildman–Crippen MR) is 58.0 cm³/mol. The molecule has 3 unspecified atom stereocenters. The average Bonchev–Trinajstić information content (AvgIpc) is 2.97. The van der Waals surface area contributed by atoms with Gasteiger partial charge in [-0.1, -0.05) is 0 Å². The van der Waals surface area contributed by atoms with E-state index in [1.54, 1.807) is 0 Å². The molecule has 14 heavy (non-hydrogen) atoms. The Morgan fingerprint density at radius 3 is 2.57 bits per heavy atom. The maximum absolute atomic E-state index is 5.68. The molecule has 80 valence electrons. The minimum Gasteiger partial charge on any atom is -0.330 e. The number of hydrogen-bond acceptors (Lipinski definition) is 2. The Kier molecular flexibility index (Phi) is 2.29. The van der Waals surface area contributed by atoms with Crippen LogP contribution in [0.5, 0.6) is 0 Å². The molecule has 0 amide bonds. The van der Waals surface area contributed by atoms with Gasteiger partial charge in [-0.15, -0.1) is 0 Å². The fraction of sp³-hybridized carbons (Fsp3) is 1.00. The molecule has 1 aliphatic heterocycles. The van der Waals surface area contributed by atoms with E-state index in [0.717, 1.165) is 30.5 Å². The highest BCUT2D eigenvalue weighted by Crippen LogP contribution is 2.45. The molecular weight excluding hydrogens is 172 g/mol. The first kappa shape index (κ1) is 9.17. The molecule has 0 aromatic carbocycles. The van der Waals surface area contributed by atoms with Crippen molar-refractivity contribution >= 4 is 0 Å². The van der Waals surface area contributed by atoms with Crippen LogP contribution in [-0.4, -0.2) is 30.1 Å². The number of fused-ring (bicyclic) bond motifs is 2. The third-order valence-corrected chi connectivity index (χ3v) is 4.58.